The minimum absolute atomic E-state index is 0.0171. The van der Waals surface area contributed by atoms with Gasteiger partial charge in [-0.25, -0.2) is 4.98 Å². The van der Waals surface area contributed by atoms with Gasteiger partial charge in [0.1, 0.15) is 0 Å². The summed E-state index contributed by atoms with van der Waals surface area (Å²) >= 11 is 0. The van der Waals surface area contributed by atoms with Gasteiger partial charge in [-0.15, -0.1) is 0 Å². The second kappa shape index (κ2) is 5.64. The molecule has 5 nitrogen and oxygen atoms in total. The van der Waals surface area contributed by atoms with Crippen LogP contribution in [0.5, 0.6) is 0 Å². The Kier molecular flexibility index (Phi) is 3.60. The average Bonchev–Trinajstić information content (AvgIpc) is 3.30. The van der Waals surface area contributed by atoms with Crippen molar-refractivity contribution in [2.75, 3.05) is 0 Å². The number of hydrogen-bond donors (Lipinski definition) is 2. The highest BCUT2D eigenvalue weighted by Gasteiger charge is 2.36. The van der Waals surface area contributed by atoms with E-state index >= 15 is 0 Å². The molecule has 2 aromatic heterocycles. The molecular weight excluding hydrogens is 292 g/mol. The molecule has 0 amide bonds. The summed E-state index contributed by atoms with van der Waals surface area (Å²) in [6.07, 6.45) is 10.4. The van der Waals surface area contributed by atoms with Gasteiger partial charge in [-0.05, 0) is 55.6 Å². The number of carboxylic acids is 1. The van der Waals surface area contributed by atoms with Crippen LogP contribution in [0.25, 0.3) is 5.52 Å². The van der Waals surface area contributed by atoms with Gasteiger partial charge in [0.05, 0.1) is 30.1 Å². The molecule has 23 heavy (non-hydrogen) atoms. The first-order valence-corrected chi connectivity index (χ1v) is 8.50. The summed E-state index contributed by atoms with van der Waals surface area (Å²) in [6, 6.07) is 2.10. The third-order valence-corrected chi connectivity index (χ3v) is 5.49. The van der Waals surface area contributed by atoms with Crippen molar-refractivity contribution in [3.8, 4) is 0 Å². The molecule has 0 bridgehead atoms. The Morgan fingerprint density at radius 1 is 1.30 bits per heavy atom. The van der Waals surface area contributed by atoms with Gasteiger partial charge in [-0.2, -0.15) is 0 Å². The monoisotopic (exact) mass is 314 g/mol. The molecule has 2 N–H and O–H groups in total. The van der Waals surface area contributed by atoms with E-state index in [1.165, 1.54) is 18.4 Å². The zero-order valence-corrected chi connectivity index (χ0v) is 13.1. The molecule has 0 saturated heterocycles. The summed E-state index contributed by atoms with van der Waals surface area (Å²) in [7, 11) is 0. The lowest BCUT2D eigenvalue weighted by Gasteiger charge is -2.31. The zero-order chi connectivity index (χ0) is 16.0. The van der Waals surface area contributed by atoms with Crippen LogP contribution in [0, 0.1) is 11.8 Å². The van der Waals surface area contributed by atoms with Gasteiger partial charge in [0, 0.05) is 11.8 Å². The maximum Gasteiger partial charge on any atom is 0.306 e. The zero-order valence-electron chi connectivity index (χ0n) is 13.1. The molecule has 4 rings (SSSR count). The molecular formula is C18H22N2O3. The molecule has 2 aliphatic rings. The number of imidazole rings is 1. The highest BCUT2D eigenvalue weighted by Crippen LogP contribution is 2.47. The van der Waals surface area contributed by atoms with E-state index in [4.69, 9.17) is 0 Å². The molecule has 0 aliphatic heterocycles. The van der Waals surface area contributed by atoms with E-state index in [-0.39, 0.29) is 11.8 Å². The molecule has 3 atom stereocenters. The summed E-state index contributed by atoms with van der Waals surface area (Å²) in [5.41, 5.74) is 3.16. The van der Waals surface area contributed by atoms with Crippen LogP contribution in [0.2, 0.25) is 0 Å². The molecule has 0 radical (unpaired) electrons. The Labute approximate surface area is 135 Å². The summed E-state index contributed by atoms with van der Waals surface area (Å²) in [5, 5.41) is 20.4. The van der Waals surface area contributed by atoms with Crippen LogP contribution in [0.15, 0.2) is 24.8 Å². The molecule has 5 heteroatoms. The largest absolute Gasteiger partial charge is 0.481 e. The van der Waals surface area contributed by atoms with Crippen molar-refractivity contribution in [1.29, 1.82) is 0 Å². The van der Waals surface area contributed by atoms with Crippen LogP contribution in [-0.4, -0.2) is 25.6 Å². The molecule has 122 valence electrons. The quantitative estimate of drug-likeness (QED) is 0.909. The summed E-state index contributed by atoms with van der Waals surface area (Å²) in [6.45, 7) is 0. The highest BCUT2D eigenvalue weighted by molar-refractivity contribution is 5.70. The van der Waals surface area contributed by atoms with E-state index < -0.39 is 12.1 Å². The van der Waals surface area contributed by atoms with E-state index in [1.54, 1.807) is 6.33 Å². The van der Waals surface area contributed by atoms with Crippen LogP contribution >= 0.6 is 0 Å². The molecule has 3 unspecified atom stereocenters. The average molecular weight is 314 g/mol. The third kappa shape index (κ3) is 2.63. The Hall–Kier alpha value is -1.88. The Morgan fingerprint density at radius 2 is 2.13 bits per heavy atom. The van der Waals surface area contributed by atoms with Crippen LogP contribution in [-0.2, 0) is 4.79 Å². The SMILES string of the molecule is O=C(O)C1CCCC(C(O)c2c(C3CC3)ccn3cncc23)C1. The van der Waals surface area contributed by atoms with Crippen molar-refractivity contribution in [1.82, 2.24) is 9.38 Å². The molecule has 2 heterocycles. The number of hydrogen-bond acceptors (Lipinski definition) is 3. The standard InChI is InChI=1S/C18H22N2O3/c21-17(12-2-1-3-13(8-12)18(22)23)16-14(11-4-5-11)6-7-20-10-19-9-15(16)20/h6-7,9-13,17,21H,1-5,8H2,(H,22,23). The van der Waals surface area contributed by atoms with E-state index in [0.717, 1.165) is 30.3 Å². The van der Waals surface area contributed by atoms with Crippen molar-refractivity contribution in [2.45, 2.75) is 50.5 Å². The van der Waals surface area contributed by atoms with Crippen molar-refractivity contribution in [3.63, 3.8) is 0 Å². The molecule has 0 aromatic carbocycles. The molecule has 2 saturated carbocycles. The van der Waals surface area contributed by atoms with E-state index in [1.807, 2.05) is 16.8 Å². The van der Waals surface area contributed by atoms with Gasteiger partial charge in [-0.1, -0.05) is 6.42 Å². The first kappa shape index (κ1) is 14.7. The van der Waals surface area contributed by atoms with Crippen LogP contribution in [0.3, 0.4) is 0 Å². The maximum absolute atomic E-state index is 11.3. The lowest BCUT2D eigenvalue weighted by atomic mass is 9.76. The van der Waals surface area contributed by atoms with Gasteiger partial charge < -0.3 is 14.6 Å². The van der Waals surface area contributed by atoms with Crippen LogP contribution < -0.4 is 0 Å². The van der Waals surface area contributed by atoms with Crippen molar-refractivity contribution >= 4 is 11.5 Å². The predicted molar refractivity (Wildman–Crippen MR) is 85.2 cm³/mol. The number of fused-ring (bicyclic) bond motifs is 1. The normalized spacial score (nSPS) is 26.3. The maximum atomic E-state index is 11.3. The van der Waals surface area contributed by atoms with Gasteiger partial charge in [-0.3, -0.25) is 4.79 Å². The van der Waals surface area contributed by atoms with E-state index in [2.05, 4.69) is 11.1 Å². The van der Waals surface area contributed by atoms with Gasteiger partial charge in [0.15, 0.2) is 0 Å². The molecule has 2 fully saturated rings. The fraction of sp³-hybridized carbons (Fsp3) is 0.556. The highest BCUT2D eigenvalue weighted by atomic mass is 16.4. The lowest BCUT2D eigenvalue weighted by Crippen LogP contribution is -2.27. The topological polar surface area (TPSA) is 74.8 Å². The number of aromatic nitrogens is 2. The van der Waals surface area contributed by atoms with Crippen molar-refractivity contribution < 1.29 is 15.0 Å². The van der Waals surface area contributed by atoms with Crippen molar-refractivity contribution in [3.05, 3.63) is 35.9 Å². The number of nitrogens with zero attached hydrogens (tertiary/aromatic N) is 2. The minimum Gasteiger partial charge on any atom is -0.481 e. The summed E-state index contributed by atoms with van der Waals surface area (Å²) < 4.78 is 1.95. The molecule has 2 aromatic rings. The molecule has 2 aliphatic carbocycles. The van der Waals surface area contributed by atoms with E-state index in [9.17, 15) is 15.0 Å². The lowest BCUT2D eigenvalue weighted by molar-refractivity contribution is -0.143. The van der Waals surface area contributed by atoms with Crippen molar-refractivity contribution in [2.24, 2.45) is 11.8 Å². The fourth-order valence-electron chi connectivity index (χ4n) is 4.08. The van der Waals surface area contributed by atoms with Crippen LogP contribution in [0.4, 0.5) is 0 Å². The number of rotatable bonds is 4. The third-order valence-electron chi connectivity index (χ3n) is 5.49. The Bertz CT molecular complexity index is 735. The van der Waals surface area contributed by atoms with Gasteiger partial charge >= 0.3 is 5.97 Å². The van der Waals surface area contributed by atoms with Gasteiger partial charge in [0.25, 0.3) is 0 Å². The fourth-order valence-corrected chi connectivity index (χ4v) is 4.08. The first-order chi connectivity index (χ1) is 11.1. The number of aliphatic hydroxyl groups excluding tert-OH is 1. The smallest absolute Gasteiger partial charge is 0.306 e. The second-order valence-corrected chi connectivity index (χ2v) is 7.05. The number of carbonyl (C=O) groups is 1. The second-order valence-electron chi connectivity index (χ2n) is 7.05. The number of aliphatic hydroxyl groups is 1. The minimum atomic E-state index is -0.730. The predicted octanol–water partition coefficient (Wildman–Crippen LogP) is 3.14. The Balaban J connectivity index is 1.71. The Morgan fingerprint density at radius 3 is 2.87 bits per heavy atom. The summed E-state index contributed by atoms with van der Waals surface area (Å²) in [5.74, 6) is -0.494. The summed E-state index contributed by atoms with van der Waals surface area (Å²) in [4.78, 5) is 15.5. The van der Waals surface area contributed by atoms with E-state index in [0.29, 0.717) is 12.3 Å². The number of pyridine rings is 1. The van der Waals surface area contributed by atoms with Gasteiger partial charge in [0.2, 0.25) is 0 Å². The first-order valence-electron chi connectivity index (χ1n) is 8.50. The number of carboxylic acid groups (broad SMARTS) is 1. The number of aliphatic carboxylic acids is 1. The molecule has 0 spiro atoms. The van der Waals surface area contributed by atoms with Crippen LogP contribution in [0.1, 0.15) is 61.7 Å².